The zero-order valence-corrected chi connectivity index (χ0v) is 11.5. The molecule has 0 radical (unpaired) electrons. The summed E-state index contributed by atoms with van der Waals surface area (Å²) in [5.74, 6) is 0. The van der Waals surface area contributed by atoms with E-state index in [1.165, 1.54) is 11.1 Å². The number of hydrogen-bond donors (Lipinski definition) is 1. The Morgan fingerprint density at radius 2 is 2.00 bits per heavy atom. The van der Waals surface area contributed by atoms with Crippen LogP contribution >= 0.6 is 11.3 Å². The van der Waals surface area contributed by atoms with Crippen LogP contribution < -0.4 is 5.32 Å². The van der Waals surface area contributed by atoms with Gasteiger partial charge in [0.1, 0.15) is 0 Å². The molecule has 3 aromatic rings. The predicted molar refractivity (Wildman–Crippen MR) is 79.4 cm³/mol. The van der Waals surface area contributed by atoms with Crippen LogP contribution in [0.5, 0.6) is 0 Å². The number of nitrogens with zero attached hydrogens (tertiary/aromatic N) is 2. The molecule has 0 saturated heterocycles. The highest BCUT2D eigenvalue weighted by Crippen LogP contribution is 2.22. The average Bonchev–Trinajstić information content (AvgIpc) is 2.97. The first-order chi connectivity index (χ1) is 9.36. The van der Waals surface area contributed by atoms with E-state index >= 15 is 0 Å². The lowest BCUT2D eigenvalue weighted by atomic mass is 10.00. The van der Waals surface area contributed by atoms with E-state index in [-0.39, 0.29) is 0 Å². The molecule has 1 aromatic carbocycles. The highest BCUT2D eigenvalue weighted by Gasteiger charge is 2.11. The number of hydrogen-bond acceptors (Lipinski definition) is 4. The number of rotatable bonds is 4. The average molecular weight is 269 g/mol. The van der Waals surface area contributed by atoms with Crippen LogP contribution in [0.4, 0.5) is 0 Å². The van der Waals surface area contributed by atoms with Gasteiger partial charge in [0, 0.05) is 18.4 Å². The van der Waals surface area contributed by atoms with Crippen molar-refractivity contribution in [2.24, 2.45) is 0 Å². The Labute approximate surface area is 116 Å². The smallest absolute Gasteiger partial charge is 0.0890 e. The third-order valence-electron chi connectivity index (χ3n) is 3.26. The van der Waals surface area contributed by atoms with E-state index in [1.807, 2.05) is 13.1 Å². The summed E-state index contributed by atoms with van der Waals surface area (Å²) in [4.78, 5) is 8.67. The molecule has 0 aliphatic heterocycles. The van der Waals surface area contributed by atoms with Crippen molar-refractivity contribution in [2.75, 3.05) is 7.05 Å². The molecule has 96 valence electrons. The second-order valence-electron chi connectivity index (χ2n) is 4.48. The molecule has 1 atom stereocenters. The van der Waals surface area contributed by atoms with Gasteiger partial charge in [0.15, 0.2) is 0 Å². The van der Waals surface area contributed by atoms with Crippen LogP contribution in [0.2, 0.25) is 0 Å². The Hall–Kier alpha value is -1.78. The molecule has 2 aromatic heterocycles. The molecule has 4 heteroatoms. The van der Waals surface area contributed by atoms with Gasteiger partial charge < -0.3 is 5.32 Å². The standard InChI is InChI=1S/C15H15N3S/c1-16-14(8-11-4-7-19-10-11)12-2-3-13-15(9-12)18-6-5-17-13/h2-7,9-10,14,16H,8H2,1H3. The Balaban J connectivity index is 1.92. The van der Waals surface area contributed by atoms with Crippen molar-refractivity contribution in [3.05, 3.63) is 58.5 Å². The van der Waals surface area contributed by atoms with Gasteiger partial charge in [0.2, 0.25) is 0 Å². The summed E-state index contributed by atoms with van der Waals surface area (Å²) in [5.41, 5.74) is 4.51. The van der Waals surface area contributed by atoms with Crippen molar-refractivity contribution in [1.29, 1.82) is 0 Å². The fourth-order valence-electron chi connectivity index (χ4n) is 2.23. The third kappa shape index (κ3) is 2.64. The SMILES string of the molecule is CNC(Cc1ccsc1)c1ccc2nccnc2c1. The maximum Gasteiger partial charge on any atom is 0.0890 e. The van der Waals surface area contributed by atoms with Crippen LogP contribution in [-0.4, -0.2) is 17.0 Å². The Morgan fingerprint density at radius 3 is 2.74 bits per heavy atom. The van der Waals surface area contributed by atoms with E-state index in [4.69, 9.17) is 0 Å². The van der Waals surface area contributed by atoms with Gasteiger partial charge in [-0.25, -0.2) is 0 Å². The first kappa shape index (κ1) is 12.3. The summed E-state index contributed by atoms with van der Waals surface area (Å²) in [5, 5.41) is 7.70. The summed E-state index contributed by atoms with van der Waals surface area (Å²) < 4.78 is 0. The van der Waals surface area contributed by atoms with E-state index in [2.05, 4.69) is 44.2 Å². The minimum atomic E-state index is 0.306. The monoisotopic (exact) mass is 269 g/mol. The molecule has 3 nitrogen and oxygen atoms in total. The molecule has 1 unspecified atom stereocenters. The maximum atomic E-state index is 4.37. The lowest BCUT2D eigenvalue weighted by molar-refractivity contribution is 0.593. The Kier molecular flexibility index (Phi) is 3.53. The second-order valence-corrected chi connectivity index (χ2v) is 5.26. The second kappa shape index (κ2) is 5.47. The van der Waals surface area contributed by atoms with E-state index < -0.39 is 0 Å². The minimum absolute atomic E-state index is 0.306. The van der Waals surface area contributed by atoms with Gasteiger partial charge in [-0.3, -0.25) is 9.97 Å². The molecule has 0 amide bonds. The lowest BCUT2D eigenvalue weighted by Crippen LogP contribution is -2.18. The fraction of sp³-hybridized carbons (Fsp3) is 0.200. The van der Waals surface area contributed by atoms with Crippen molar-refractivity contribution in [2.45, 2.75) is 12.5 Å². The van der Waals surface area contributed by atoms with Crippen LogP contribution in [0.25, 0.3) is 11.0 Å². The number of fused-ring (bicyclic) bond motifs is 1. The third-order valence-corrected chi connectivity index (χ3v) is 4.00. The van der Waals surface area contributed by atoms with Crippen LogP contribution in [0, 0.1) is 0 Å². The number of benzene rings is 1. The molecule has 0 saturated carbocycles. The Bertz CT molecular complexity index is 664. The quantitative estimate of drug-likeness (QED) is 0.790. The highest BCUT2D eigenvalue weighted by molar-refractivity contribution is 7.07. The summed E-state index contributed by atoms with van der Waals surface area (Å²) in [7, 11) is 2.00. The zero-order valence-electron chi connectivity index (χ0n) is 10.7. The number of likely N-dealkylation sites (N-methyl/N-ethyl adjacent to an activating group) is 1. The van der Waals surface area contributed by atoms with Gasteiger partial charge in [-0.05, 0) is 53.6 Å². The Morgan fingerprint density at radius 1 is 1.16 bits per heavy atom. The molecular formula is C15H15N3S. The van der Waals surface area contributed by atoms with Gasteiger partial charge in [-0.15, -0.1) is 0 Å². The van der Waals surface area contributed by atoms with Gasteiger partial charge in [0.25, 0.3) is 0 Å². The van der Waals surface area contributed by atoms with E-state index in [0.29, 0.717) is 6.04 Å². The summed E-state index contributed by atoms with van der Waals surface area (Å²) in [6, 6.07) is 8.77. The van der Waals surface area contributed by atoms with Crippen molar-refractivity contribution in [3.63, 3.8) is 0 Å². The lowest BCUT2D eigenvalue weighted by Gasteiger charge is -2.16. The molecule has 3 rings (SSSR count). The van der Waals surface area contributed by atoms with Crippen LogP contribution in [-0.2, 0) is 6.42 Å². The van der Waals surface area contributed by atoms with Crippen molar-refractivity contribution in [3.8, 4) is 0 Å². The first-order valence-corrected chi connectivity index (χ1v) is 7.20. The van der Waals surface area contributed by atoms with Gasteiger partial charge >= 0.3 is 0 Å². The van der Waals surface area contributed by atoms with Gasteiger partial charge in [0.05, 0.1) is 11.0 Å². The number of nitrogens with one attached hydrogen (secondary N) is 1. The molecular weight excluding hydrogens is 254 g/mol. The molecule has 19 heavy (non-hydrogen) atoms. The largest absolute Gasteiger partial charge is 0.313 e. The van der Waals surface area contributed by atoms with E-state index in [0.717, 1.165) is 17.5 Å². The maximum absolute atomic E-state index is 4.37. The van der Waals surface area contributed by atoms with Crippen LogP contribution in [0.3, 0.4) is 0 Å². The van der Waals surface area contributed by atoms with Gasteiger partial charge in [-0.2, -0.15) is 11.3 Å². The molecule has 1 N–H and O–H groups in total. The van der Waals surface area contributed by atoms with E-state index in [9.17, 15) is 0 Å². The molecule has 0 fully saturated rings. The van der Waals surface area contributed by atoms with Crippen LogP contribution in [0.15, 0.2) is 47.4 Å². The van der Waals surface area contributed by atoms with Crippen molar-refractivity contribution < 1.29 is 0 Å². The zero-order chi connectivity index (χ0) is 13.1. The summed E-state index contributed by atoms with van der Waals surface area (Å²) in [6.07, 6.45) is 4.45. The predicted octanol–water partition coefficient (Wildman–Crippen LogP) is 3.19. The molecule has 0 spiro atoms. The van der Waals surface area contributed by atoms with Gasteiger partial charge in [-0.1, -0.05) is 6.07 Å². The van der Waals surface area contributed by atoms with Crippen molar-refractivity contribution in [1.82, 2.24) is 15.3 Å². The fourth-order valence-corrected chi connectivity index (χ4v) is 2.91. The summed E-state index contributed by atoms with van der Waals surface area (Å²) >= 11 is 1.74. The molecule has 0 aliphatic rings. The minimum Gasteiger partial charge on any atom is -0.313 e. The van der Waals surface area contributed by atoms with E-state index in [1.54, 1.807) is 23.7 Å². The number of thiophene rings is 1. The normalized spacial score (nSPS) is 12.7. The molecule has 2 heterocycles. The van der Waals surface area contributed by atoms with Crippen molar-refractivity contribution >= 4 is 22.4 Å². The molecule has 0 bridgehead atoms. The first-order valence-electron chi connectivity index (χ1n) is 6.26. The molecule has 0 aliphatic carbocycles. The topological polar surface area (TPSA) is 37.8 Å². The van der Waals surface area contributed by atoms with Crippen LogP contribution in [0.1, 0.15) is 17.2 Å². The summed E-state index contributed by atoms with van der Waals surface area (Å²) in [6.45, 7) is 0. The number of aromatic nitrogens is 2. The highest BCUT2D eigenvalue weighted by atomic mass is 32.1.